The molecule has 0 bridgehead atoms. The molecule has 2 heterocycles. The van der Waals surface area contributed by atoms with Gasteiger partial charge < -0.3 is 15.0 Å². The van der Waals surface area contributed by atoms with Crippen molar-refractivity contribution in [2.24, 2.45) is 0 Å². The van der Waals surface area contributed by atoms with E-state index < -0.39 is 0 Å². The van der Waals surface area contributed by atoms with Crippen molar-refractivity contribution in [1.29, 1.82) is 0 Å². The van der Waals surface area contributed by atoms with E-state index in [-0.39, 0.29) is 0 Å². The smallest absolute Gasteiger partial charge is 0.0706 e. The van der Waals surface area contributed by atoms with Crippen LogP contribution in [-0.2, 0) is 11.3 Å². The van der Waals surface area contributed by atoms with E-state index in [1.165, 1.54) is 11.1 Å². The summed E-state index contributed by atoms with van der Waals surface area (Å²) in [5.74, 6) is 0. The van der Waals surface area contributed by atoms with E-state index >= 15 is 0 Å². The second-order valence-corrected chi connectivity index (χ2v) is 4.67. The van der Waals surface area contributed by atoms with E-state index in [0.717, 1.165) is 32.8 Å². The van der Waals surface area contributed by atoms with Crippen LogP contribution < -0.4 is 5.32 Å². The minimum atomic E-state index is 0.782. The largest absolute Gasteiger partial charge is 0.383 e. The summed E-state index contributed by atoms with van der Waals surface area (Å²) in [6, 6.07) is 6.12. The van der Waals surface area contributed by atoms with Gasteiger partial charge >= 0.3 is 0 Å². The summed E-state index contributed by atoms with van der Waals surface area (Å²) in [5, 5.41) is 7.77. The van der Waals surface area contributed by atoms with Gasteiger partial charge in [0.05, 0.1) is 18.3 Å². The van der Waals surface area contributed by atoms with Crippen LogP contribution in [0.15, 0.2) is 30.6 Å². The maximum absolute atomic E-state index is 5.05. The van der Waals surface area contributed by atoms with E-state index in [9.17, 15) is 0 Å². The van der Waals surface area contributed by atoms with Crippen LogP contribution in [0.3, 0.4) is 0 Å². The Balaban J connectivity index is 1.74. The predicted molar refractivity (Wildman–Crippen MR) is 76.3 cm³/mol. The molecule has 104 valence electrons. The highest BCUT2D eigenvalue weighted by Crippen LogP contribution is 2.08. The highest BCUT2D eigenvalue weighted by Gasteiger charge is 2.02. The van der Waals surface area contributed by atoms with Gasteiger partial charge in [-0.05, 0) is 19.2 Å². The SMILES string of the molecule is COCCN(C)CCNCc1cnn2ccccc12. The van der Waals surface area contributed by atoms with Gasteiger partial charge in [-0.2, -0.15) is 5.10 Å². The Morgan fingerprint density at radius 3 is 3.11 bits per heavy atom. The second kappa shape index (κ2) is 7.23. The third-order valence-electron chi connectivity index (χ3n) is 3.17. The number of hydrogen-bond donors (Lipinski definition) is 1. The zero-order valence-corrected chi connectivity index (χ0v) is 11.7. The van der Waals surface area contributed by atoms with E-state index in [1.54, 1.807) is 7.11 Å². The molecule has 5 nitrogen and oxygen atoms in total. The molecule has 0 aliphatic heterocycles. The molecule has 0 unspecified atom stereocenters. The monoisotopic (exact) mass is 262 g/mol. The summed E-state index contributed by atoms with van der Waals surface area (Å²) in [6.07, 6.45) is 3.90. The first-order valence-electron chi connectivity index (χ1n) is 6.60. The zero-order valence-electron chi connectivity index (χ0n) is 11.7. The van der Waals surface area contributed by atoms with E-state index in [0.29, 0.717) is 0 Å². The normalized spacial score (nSPS) is 11.5. The van der Waals surface area contributed by atoms with Crippen molar-refractivity contribution in [3.63, 3.8) is 0 Å². The van der Waals surface area contributed by atoms with Gasteiger partial charge in [-0.15, -0.1) is 0 Å². The number of pyridine rings is 1. The number of hydrogen-bond acceptors (Lipinski definition) is 4. The van der Waals surface area contributed by atoms with Crippen molar-refractivity contribution in [2.45, 2.75) is 6.54 Å². The second-order valence-electron chi connectivity index (χ2n) is 4.67. The average molecular weight is 262 g/mol. The highest BCUT2D eigenvalue weighted by molar-refractivity contribution is 5.53. The Bertz CT molecular complexity index is 497. The number of aromatic nitrogens is 2. The van der Waals surface area contributed by atoms with Crippen LogP contribution >= 0.6 is 0 Å². The van der Waals surface area contributed by atoms with Gasteiger partial charge in [0.1, 0.15) is 0 Å². The molecule has 2 rings (SSSR count). The summed E-state index contributed by atoms with van der Waals surface area (Å²) >= 11 is 0. The van der Waals surface area contributed by atoms with Gasteiger partial charge in [0.25, 0.3) is 0 Å². The third kappa shape index (κ3) is 4.02. The molecule has 2 aromatic rings. The van der Waals surface area contributed by atoms with Crippen LogP contribution in [0.25, 0.3) is 5.52 Å². The molecule has 0 amide bonds. The number of methoxy groups -OCH3 is 1. The van der Waals surface area contributed by atoms with Crippen LogP contribution in [0.4, 0.5) is 0 Å². The first-order chi connectivity index (χ1) is 9.31. The van der Waals surface area contributed by atoms with E-state index in [1.807, 2.05) is 29.0 Å². The summed E-state index contributed by atoms with van der Waals surface area (Å²) in [5.41, 5.74) is 2.41. The fourth-order valence-corrected chi connectivity index (χ4v) is 1.98. The van der Waals surface area contributed by atoms with Gasteiger partial charge in [-0.1, -0.05) is 6.07 Å². The van der Waals surface area contributed by atoms with Crippen molar-refractivity contribution in [3.8, 4) is 0 Å². The molecule has 0 aromatic carbocycles. The van der Waals surface area contributed by atoms with Crippen molar-refractivity contribution >= 4 is 5.52 Å². The molecule has 0 atom stereocenters. The lowest BCUT2D eigenvalue weighted by molar-refractivity contribution is 0.161. The quantitative estimate of drug-likeness (QED) is 0.721. The number of nitrogens with one attached hydrogen (secondary N) is 1. The fourth-order valence-electron chi connectivity index (χ4n) is 1.98. The fraction of sp³-hybridized carbons (Fsp3) is 0.500. The molecule has 19 heavy (non-hydrogen) atoms. The van der Waals surface area contributed by atoms with Crippen molar-refractivity contribution < 1.29 is 4.74 Å². The Morgan fingerprint density at radius 1 is 1.37 bits per heavy atom. The molecule has 1 N–H and O–H groups in total. The predicted octanol–water partition coefficient (Wildman–Crippen LogP) is 1.00. The molecular formula is C14H22N4O. The standard InChI is InChI=1S/C14H22N4O/c1-17(9-10-19-2)8-6-15-11-13-12-16-18-7-4-3-5-14(13)18/h3-5,7,12,15H,6,8-11H2,1-2H3. The maximum Gasteiger partial charge on any atom is 0.0706 e. The van der Waals surface area contributed by atoms with Crippen LogP contribution in [-0.4, -0.2) is 54.9 Å². The highest BCUT2D eigenvalue weighted by atomic mass is 16.5. The maximum atomic E-state index is 5.05. The molecule has 0 spiro atoms. The Labute approximate surface area is 114 Å². The van der Waals surface area contributed by atoms with E-state index in [2.05, 4.69) is 28.4 Å². The van der Waals surface area contributed by atoms with Crippen LogP contribution in [0.5, 0.6) is 0 Å². The molecular weight excluding hydrogens is 240 g/mol. The first-order valence-corrected chi connectivity index (χ1v) is 6.60. The van der Waals surface area contributed by atoms with E-state index in [4.69, 9.17) is 4.74 Å². The molecule has 5 heteroatoms. The lowest BCUT2D eigenvalue weighted by atomic mass is 10.2. The Kier molecular flexibility index (Phi) is 5.32. The number of likely N-dealkylation sites (N-methyl/N-ethyl adjacent to an activating group) is 1. The van der Waals surface area contributed by atoms with Crippen LogP contribution in [0.1, 0.15) is 5.56 Å². The molecule has 0 saturated carbocycles. The summed E-state index contributed by atoms with van der Waals surface area (Å²) in [7, 11) is 3.84. The average Bonchev–Trinajstić information content (AvgIpc) is 2.85. The minimum absolute atomic E-state index is 0.782. The Hall–Kier alpha value is -1.43. The first kappa shape index (κ1) is 14.0. The van der Waals surface area contributed by atoms with Gasteiger partial charge in [0.15, 0.2) is 0 Å². The summed E-state index contributed by atoms with van der Waals surface area (Å²) < 4.78 is 6.96. The van der Waals surface area contributed by atoms with Crippen molar-refractivity contribution in [1.82, 2.24) is 19.8 Å². The lowest BCUT2D eigenvalue weighted by Gasteiger charge is -2.15. The minimum Gasteiger partial charge on any atom is -0.383 e. The number of nitrogens with zero attached hydrogens (tertiary/aromatic N) is 3. The van der Waals surface area contributed by atoms with Crippen LogP contribution in [0.2, 0.25) is 0 Å². The molecule has 0 aliphatic carbocycles. The summed E-state index contributed by atoms with van der Waals surface area (Å²) in [4.78, 5) is 2.26. The van der Waals surface area contributed by atoms with Crippen molar-refractivity contribution in [3.05, 3.63) is 36.2 Å². The molecule has 0 saturated heterocycles. The molecule has 0 aliphatic rings. The molecule has 2 aromatic heterocycles. The number of fused-ring (bicyclic) bond motifs is 1. The molecule has 0 radical (unpaired) electrons. The summed E-state index contributed by atoms with van der Waals surface area (Å²) in [6.45, 7) is 4.58. The zero-order chi connectivity index (χ0) is 13.5. The molecule has 0 fully saturated rings. The number of rotatable bonds is 8. The van der Waals surface area contributed by atoms with Gasteiger partial charge in [-0.25, -0.2) is 4.52 Å². The topological polar surface area (TPSA) is 41.8 Å². The van der Waals surface area contributed by atoms with Gasteiger partial charge in [0.2, 0.25) is 0 Å². The van der Waals surface area contributed by atoms with Crippen molar-refractivity contribution in [2.75, 3.05) is 40.4 Å². The van der Waals surface area contributed by atoms with Gasteiger partial charge in [-0.3, -0.25) is 0 Å². The number of ether oxygens (including phenoxy) is 1. The third-order valence-corrected chi connectivity index (χ3v) is 3.17. The van der Waals surface area contributed by atoms with Crippen LogP contribution in [0, 0.1) is 0 Å². The lowest BCUT2D eigenvalue weighted by Crippen LogP contribution is -2.31. The van der Waals surface area contributed by atoms with Gasteiger partial charge in [0, 0.05) is 45.0 Å². The Morgan fingerprint density at radius 2 is 2.26 bits per heavy atom.